The smallest absolute Gasteiger partial charge is 0.254 e. The molecule has 0 fully saturated rings. The van der Waals surface area contributed by atoms with E-state index in [2.05, 4.69) is 9.97 Å². The second kappa shape index (κ2) is 4.64. The molecular weight excluding hydrogens is 228 g/mol. The van der Waals surface area contributed by atoms with Crippen molar-refractivity contribution in [2.24, 2.45) is 0 Å². The van der Waals surface area contributed by atoms with Gasteiger partial charge in [-0.3, -0.25) is 4.79 Å². The summed E-state index contributed by atoms with van der Waals surface area (Å²) < 4.78 is 0. The molecule has 0 aliphatic carbocycles. The van der Waals surface area contributed by atoms with E-state index < -0.39 is 0 Å². The molecule has 4 heteroatoms. The summed E-state index contributed by atoms with van der Waals surface area (Å²) in [5, 5.41) is 9.24. The summed E-state index contributed by atoms with van der Waals surface area (Å²) in [4.78, 5) is 19.2. The Kier molecular flexibility index (Phi) is 3.19. The zero-order chi connectivity index (χ0) is 13.3. The molecule has 4 nitrogen and oxygen atoms in total. The molecule has 2 aromatic rings. The number of aromatic amines is 1. The molecule has 2 rings (SSSR count). The van der Waals surface area contributed by atoms with Crippen LogP contribution in [0.5, 0.6) is 5.75 Å². The lowest BCUT2D eigenvalue weighted by molar-refractivity contribution is 0.475. The van der Waals surface area contributed by atoms with E-state index in [1.807, 2.05) is 20.8 Å². The number of nitrogens with one attached hydrogen (secondary N) is 1. The molecule has 1 aromatic heterocycles. The molecular formula is C14H16N2O2. The molecule has 0 saturated carbocycles. The van der Waals surface area contributed by atoms with Crippen LogP contribution in [0.4, 0.5) is 0 Å². The van der Waals surface area contributed by atoms with Crippen LogP contribution in [0, 0.1) is 6.92 Å². The number of hydrogen-bond acceptors (Lipinski definition) is 3. The Morgan fingerprint density at radius 1 is 1.22 bits per heavy atom. The van der Waals surface area contributed by atoms with Crippen LogP contribution >= 0.6 is 0 Å². The minimum atomic E-state index is -0.0967. The maximum absolute atomic E-state index is 12.0. The van der Waals surface area contributed by atoms with Gasteiger partial charge in [-0.05, 0) is 37.1 Å². The number of aromatic hydroxyl groups is 1. The Morgan fingerprint density at radius 3 is 2.33 bits per heavy atom. The number of nitrogens with zero attached hydrogens (tertiary/aromatic N) is 1. The number of aryl methyl sites for hydroxylation is 1. The van der Waals surface area contributed by atoms with Crippen molar-refractivity contribution in [3.8, 4) is 17.1 Å². The first-order valence-electron chi connectivity index (χ1n) is 5.89. The quantitative estimate of drug-likeness (QED) is 0.853. The van der Waals surface area contributed by atoms with Gasteiger partial charge in [0.2, 0.25) is 0 Å². The highest BCUT2D eigenvalue weighted by Gasteiger charge is 2.12. The lowest BCUT2D eigenvalue weighted by Crippen LogP contribution is -2.18. The summed E-state index contributed by atoms with van der Waals surface area (Å²) in [5.74, 6) is 0.869. The molecule has 0 unspecified atom stereocenters. The number of hydrogen-bond donors (Lipinski definition) is 2. The second-order valence-corrected chi connectivity index (χ2v) is 4.62. The third kappa shape index (κ3) is 2.27. The Balaban J connectivity index is 2.55. The summed E-state index contributed by atoms with van der Waals surface area (Å²) >= 11 is 0. The van der Waals surface area contributed by atoms with Gasteiger partial charge >= 0.3 is 0 Å². The number of phenolic OH excluding ortho intramolecular Hbond substituents is 1. The van der Waals surface area contributed by atoms with Crippen molar-refractivity contribution in [1.82, 2.24) is 9.97 Å². The van der Waals surface area contributed by atoms with Gasteiger partial charge in [0.25, 0.3) is 5.56 Å². The van der Waals surface area contributed by atoms with E-state index in [-0.39, 0.29) is 17.2 Å². The summed E-state index contributed by atoms with van der Waals surface area (Å²) in [7, 11) is 0. The van der Waals surface area contributed by atoms with Crippen LogP contribution in [-0.4, -0.2) is 15.1 Å². The van der Waals surface area contributed by atoms with E-state index in [1.54, 1.807) is 24.3 Å². The number of benzene rings is 1. The zero-order valence-corrected chi connectivity index (χ0v) is 10.7. The Hall–Kier alpha value is -2.10. The van der Waals surface area contributed by atoms with Crippen LogP contribution in [-0.2, 0) is 0 Å². The van der Waals surface area contributed by atoms with Crippen LogP contribution in [0.1, 0.15) is 31.0 Å². The molecule has 0 amide bonds. The van der Waals surface area contributed by atoms with Gasteiger partial charge in [0, 0.05) is 16.8 Å². The summed E-state index contributed by atoms with van der Waals surface area (Å²) in [6, 6.07) is 6.59. The fourth-order valence-corrected chi connectivity index (χ4v) is 2.03. The van der Waals surface area contributed by atoms with Gasteiger partial charge < -0.3 is 10.1 Å². The molecule has 0 spiro atoms. The first-order chi connectivity index (χ1) is 8.49. The average molecular weight is 244 g/mol. The minimum absolute atomic E-state index is 0.0967. The van der Waals surface area contributed by atoms with Crippen LogP contribution in [0.15, 0.2) is 29.1 Å². The Morgan fingerprint density at radius 2 is 1.83 bits per heavy atom. The van der Waals surface area contributed by atoms with Gasteiger partial charge in [-0.25, -0.2) is 4.98 Å². The second-order valence-electron chi connectivity index (χ2n) is 4.62. The highest BCUT2D eigenvalue weighted by atomic mass is 16.3. The molecule has 0 bridgehead atoms. The molecule has 0 atom stereocenters. The predicted molar refractivity (Wildman–Crippen MR) is 70.8 cm³/mol. The Labute approximate surface area is 105 Å². The lowest BCUT2D eigenvalue weighted by Gasteiger charge is -2.09. The average Bonchev–Trinajstić information content (AvgIpc) is 2.28. The SMILES string of the molecule is Cc1nc(-c2ccc(O)cc2)[nH]c(=O)c1C(C)C. The normalized spacial score (nSPS) is 10.9. The third-order valence-electron chi connectivity index (χ3n) is 2.86. The fourth-order valence-electron chi connectivity index (χ4n) is 2.03. The first-order valence-corrected chi connectivity index (χ1v) is 5.89. The molecule has 0 aliphatic heterocycles. The van der Waals surface area contributed by atoms with Crippen molar-refractivity contribution in [2.45, 2.75) is 26.7 Å². The van der Waals surface area contributed by atoms with Crippen LogP contribution in [0.25, 0.3) is 11.4 Å². The molecule has 94 valence electrons. The summed E-state index contributed by atoms with van der Waals surface area (Å²) in [6.45, 7) is 5.79. The molecule has 18 heavy (non-hydrogen) atoms. The third-order valence-corrected chi connectivity index (χ3v) is 2.86. The first kappa shape index (κ1) is 12.4. The van der Waals surface area contributed by atoms with Gasteiger partial charge in [-0.2, -0.15) is 0 Å². The van der Waals surface area contributed by atoms with Gasteiger partial charge in [-0.15, -0.1) is 0 Å². The maximum atomic E-state index is 12.0. The van der Waals surface area contributed by atoms with Crippen LogP contribution < -0.4 is 5.56 Å². The standard InChI is InChI=1S/C14H16N2O2/c1-8(2)12-9(3)15-13(16-14(12)18)10-4-6-11(17)7-5-10/h4-8,17H,1-3H3,(H,15,16,18). The predicted octanol–water partition coefficient (Wildman–Crippen LogP) is 2.57. The van der Waals surface area contributed by atoms with Crippen LogP contribution in [0.3, 0.4) is 0 Å². The van der Waals surface area contributed by atoms with E-state index in [9.17, 15) is 9.90 Å². The molecule has 1 aromatic carbocycles. The highest BCUT2D eigenvalue weighted by molar-refractivity contribution is 5.56. The topological polar surface area (TPSA) is 66.0 Å². The number of H-pyrrole nitrogens is 1. The molecule has 0 aliphatic rings. The van der Waals surface area contributed by atoms with E-state index in [4.69, 9.17) is 0 Å². The summed E-state index contributed by atoms with van der Waals surface area (Å²) in [5.41, 5.74) is 2.15. The van der Waals surface area contributed by atoms with Crippen LogP contribution in [0.2, 0.25) is 0 Å². The highest BCUT2D eigenvalue weighted by Crippen LogP contribution is 2.19. The largest absolute Gasteiger partial charge is 0.508 e. The van der Waals surface area contributed by atoms with Gasteiger partial charge in [0.05, 0.1) is 0 Å². The molecule has 0 radical (unpaired) electrons. The minimum Gasteiger partial charge on any atom is -0.508 e. The lowest BCUT2D eigenvalue weighted by atomic mass is 10.0. The fraction of sp³-hybridized carbons (Fsp3) is 0.286. The van der Waals surface area contributed by atoms with Gasteiger partial charge in [0.15, 0.2) is 0 Å². The monoisotopic (exact) mass is 244 g/mol. The number of rotatable bonds is 2. The zero-order valence-electron chi connectivity index (χ0n) is 10.7. The van der Waals surface area contributed by atoms with Crippen molar-refractivity contribution >= 4 is 0 Å². The van der Waals surface area contributed by atoms with Crippen molar-refractivity contribution in [3.05, 3.63) is 45.9 Å². The number of phenols is 1. The van der Waals surface area contributed by atoms with Crippen molar-refractivity contribution in [3.63, 3.8) is 0 Å². The van der Waals surface area contributed by atoms with Crippen molar-refractivity contribution in [2.75, 3.05) is 0 Å². The number of aromatic nitrogens is 2. The molecule has 1 heterocycles. The summed E-state index contributed by atoms with van der Waals surface area (Å²) in [6.07, 6.45) is 0. The van der Waals surface area contributed by atoms with E-state index in [1.165, 1.54) is 0 Å². The maximum Gasteiger partial charge on any atom is 0.254 e. The van der Waals surface area contributed by atoms with Gasteiger partial charge in [-0.1, -0.05) is 13.8 Å². The van der Waals surface area contributed by atoms with Crippen molar-refractivity contribution < 1.29 is 5.11 Å². The van der Waals surface area contributed by atoms with Gasteiger partial charge in [0.1, 0.15) is 11.6 Å². The van der Waals surface area contributed by atoms with Crippen molar-refractivity contribution in [1.29, 1.82) is 0 Å². The molecule has 0 saturated heterocycles. The van der Waals surface area contributed by atoms with E-state index in [0.717, 1.165) is 16.8 Å². The van der Waals surface area contributed by atoms with E-state index >= 15 is 0 Å². The molecule has 2 N–H and O–H groups in total. The Bertz CT molecular complexity index is 613. The van der Waals surface area contributed by atoms with E-state index in [0.29, 0.717) is 5.82 Å².